The fourth-order valence-corrected chi connectivity index (χ4v) is 2.36. The summed E-state index contributed by atoms with van der Waals surface area (Å²) in [7, 11) is 0. The molecule has 0 fully saturated rings. The third-order valence-electron chi connectivity index (χ3n) is 3.56. The predicted molar refractivity (Wildman–Crippen MR) is 86.3 cm³/mol. The lowest BCUT2D eigenvalue weighted by Crippen LogP contribution is -2.44. The molecule has 0 spiro atoms. The molecule has 0 aliphatic heterocycles. The zero-order chi connectivity index (χ0) is 16.7. The molecule has 0 bridgehead atoms. The van der Waals surface area contributed by atoms with Crippen LogP contribution >= 0.6 is 0 Å². The molecule has 1 heterocycles. The van der Waals surface area contributed by atoms with E-state index < -0.39 is 11.9 Å². The van der Waals surface area contributed by atoms with E-state index in [2.05, 4.69) is 10.3 Å². The molecule has 0 unspecified atom stereocenters. The molecule has 118 valence electrons. The first-order valence-electron chi connectivity index (χ1n) is 7.44. The van der Waals surface area contributed by atoms with Crippen molar-refractivity contribution in [1.82, 2.24) is 10.3 Å². The Balaban J connectivity index is 2.11. The molecular formula is C17H18N4O2. The summed E-state index contributed by atoms with van der Waals surface area (Å²) in [5.41, 5.74) is 6.35. The highest BCUT2D eigenvalue weighted by atomic mass is 16.2. The van der Waals surface area contributed by atoms with Crippen LogP contribution in [0.15, 0.2) is 36.5 Å². The molecule has 0 saturated carbocycles. The quantitative estimate of drug-likeness (QED) is 0.761. The van der Waals surface area contributed by atoms with Gasteiger partial charge in [0.05, 0.1) is 17.1 Å². The number of nitrogens with zero attached hydrogens (tertiary/aromatic N) is 2. The lowest BCUT2D eigenvalue weighted by atomic mass is 10.1. The molecule has 1 aromatic carbocycles. The highest BCUT2D eigenvalue weighted by Crippen LogP contribution is 2.16. The molecule has 1 atom stereocenters. The Labute approximate surface area is 134 Å². The van der Waals surface area contributed by atoms with E-state index >= 15 is 0 Å². The average molecular weight is 310 g/mol. The Kier molecular flexibility index (Phi) is 5.64. The highest BCUT2D eigenvalue weighted by Gasteiger charge is 2.20. The van der Waals surface area contributed by atoms with Gasteiger partial charge in [0.2, 0.25) is 5.91 Å². The molecule has 1 aromatic heterocycles. The van der Waals surface area contributed by atoms with Crippen molar-refractivity contribution < 1.29 is 9.59 Å². The van der Waals surface area contributed by atoms with Gasteiger partial charge in [-0.2, -0.15) is 5.26 Å². The van der Waals surface area contributed by atoms with E-state index in [9.17, 15) is 9.59 Å². The Morgan fingerprint density at radius 3 is 2.78 bits per heavy atom. The maximum absolute atomic E-state index is 12.5. The molecule has 2 rings (SSSR count). The topological polar surface area (TPSA) is 109 Å². The smallest absolute Gasteiger partial charge is 0.254 e. The van der Waals surface area contributed by atoms with E-state index in [-0.39, 0.29) is 5.91 Å². The van der Waals surface area contributed by atoms with E-state index in [1.807, 2.05) is 18.2 Å². The maximum Gasteiger partial charge on any atom is 0.254 e. The number of rotatable bonds is 7. The second-order valence-corrected chi connectivity index (χ2v) is 5.21. The van der Waals surface area contributed by atoms with Crippen molar-refractivity contribution in [1.29, 1.82) is 5.26 Å². The van der Waals surface area contributed by atoms with Crippen molar-refractivity contribution in [2.45, 2.75) is 31.7 Å². The minimum atomic E-state index is -0.750. The van der Waals surface area contributed by atoms with E-state index in [0.717, 1.165) is 5.39 Å². The van der Waals surface area contributed by atoms with Gasteiger partial charge in [-0.05, 0) is 31.4 Å². The molecule has 6 nitrogen and oxygen atoms in total. The zero-order valence-electron chi connectivity index (χ0n) is 12.7. The van der Waals surface area contributed by atoms with Crippen LogP contribution in [0.4, 0.5) is 0 Å². The maximum atomic E-state index is 12.5. The monoisotopic (exact) mass is 310 g/mol. The van der Waals surface area contributed by atoms with E-state index in [1.165, 1.54) is 0 Å². The second kappa shape index (κ2) is 7.90. The minimum absolute atomic E-state index is 0.376. The van der Waals surface area contributed by atoms with Crippen molar-refractivity contribution in [3.8, 4) is 6.07 Å². The van der Waals surface area contributed by atoms with Gasteiger partial charge in [-0.25, -0.2) is 0 Å². The SMILES string of the molecule is N#CCCCC[C@H](NC(=O)c1cccc2cccnc12)C(N)=O. The van der Waals surface area contributed by atoms with Crippen molar-refractivity contribution >= 4 is 22.7 Å². The summed E-state index contributed by atoms with van der Waals surface area (Å²) in [6, 6.07) is 10.3. The lowest BCUT2D eigenvalue weighted by Gasteiger charge is -2.15. The summed E-state index contributed by atoms with van der Waals surface area (Å²) in [4.78, 5) is 28.2. The molecule has 3 N–H and O–H groups in total. The molecule has 2 aromatic rings. The van der Waals surface area contributed by atoms with Crippen molar-refractivity contribution in [3.05, 3.63) is 42.1 Å². The van der Waals surface area contributed by atoms with Crippen LogP contribution in [-0.4, -0.2) is 22.8 Å². The number of fused-ring (bicyclic) bond motifs is 1. The van der Waals surface area contributed by atoms with Gasteiger partial charge in [-0.1, -0.05) is 18.2 Å². The second-order valence-electron chi connectivity index (χ2n) is 5.21. The first-order chi connectivity index (χ1) is 11.1. The first-order valence-corrected chi connectivity index (χ1v) is 7.44. The number of benzene rings is 1. The molecule has 23 heavy (non-hydrogen) atoms. The third kappa shape index (κ3) is 4.27. The number of pyridine rings is 1. The van der Waals surface area contributed by atoms with E-state index in [4.69, 9.17) is 11.0 Å². The molecule has 0 aliphatic rings. The number of hydrogen-bond donors (Lipinski definition) is 2. The summed E-state index contributed by atoms with van der Waals surface area (Å²) >= 11 is 0. The van der Waals surface area contributed by atoms with Crippen molar-refractivity contribution in [2.75, 3.05) is 0 Å². The number of unbranched alkanes of at least 4 members (excludes halogenated alkanes) is 2. The van der Waals surface area contributed by atoms with Crippen LogP contribution in [0.25, 0.3) is 10.9 Å². The summed E-state index contributed by atoms with van der Waals surface area (Å²) in [5, 5.41) is 12.0. The minimum Gasteiger partial charge on any atom is -0.368 e. The van der Waals surface area contributed by atoms with Gasteiger partial charge in [0.15, 0.2) is 0 Å². The van der Waals surface area contributed by atoms with Crippen LogP contribution in [0, 0.1) is 11.3 Å². The Bertz CT molecular complexity index is 746. The number of amides is 2. The van der Waals surface area contributed by atoms with Crippen LogP contribution in [0.3, 0.4) is 0 Å². The van der Waals surface area contributed by atoms with E-state index in [1.54, 1.807) is 24.4 Å². The highest BCUT2D eigenvalue weighted by molar-refractivity contribution is 6.06. The number of nitrogens with one attached hydrogen (secondary N) is 1. The van der Waals surface area contributed by atoms with Crippen molar-refractivity contribution in [3.63, 3.8) is 0 Å². The van der Waals surface area contributed by atoms with E-state index in [0.29, 0.717) is 36.8 Å². The Morgan fingerprint density at radius 1 is 1.26 bits per heavy atom. The van der Waals surface area contributed by atoms with Crippen LogP contribution in [-0.2, 0) is 4.79 Å². The normalized spacial score (nSPS) is 11.6. The van der Waals surface area contributed by atoms with Gasteiger partial charge in [-0.3, -0.25) is 14.6 Å². The van der Waals surface area contributed by atoms with Gasteiger partial charge in [0, 0.05) is 18.0 Å². The number of carbonyl (C=O) groups is 2. The number of carbonyl (C=O) groups excluding carboxylic acids is 2. The first kappa shape index (κ1) is 16.4. The number of hydrogen-bond acceptors (Lipinski definition) is 4. The lowest BCUT2D eigenvalue weighted by molar-refractivity contribution is -0.120. The van der Waals surface area contributed by atoms with Crippen LogP contribution < -0.4 is 11.1 Å². The van der Waals surface area contributed by atoms with Crippen LogP contribution in [0.2, 0.25) is 0 Å². The summed E-state index contributed by atoms with van der Waals surface area (Å²) < 4.78 is 0. The number of para-hydroxylation sites is 1. The largest absolute Gasteiger partial charge is 0.368 e. The summed E-state index contributed by atoms with van der Waals surface area (Å²) in [5.74, 6) is -0.957. The van der Waals surface area contributed by atoms with Gasteiger partial charge in [0.1, 0.15) is 6.04 Å². The fourth-order valence-electron chi connectivity index (χ4n) is 2.36. The number of aromatic nitrogens is 1. The zero-order valence-corrected chi connectivity index (χ0v) is 12.7. The van der Waals surface area contributed by atoms with Crippen molar-refractivity contribution in [2.24, 2.45) is 5.73 Å². The van der Waals surface area contributed by atoms with Crippen LogP contribution in [0.5, 0.6) is 0 Å². The van der Waals surface area contributed by atoms with Gasteiger partial charge in [-0.15, -0.1) is 0 Å². The summed E-state index contributed by atoms with van der Waals surface area (Å²) in [6.45, 7) is 0. The molecular weight excluding hydrogens is 292 g/mol. The average Bonchev–Trinajstić information content (AvgIpc) is 2.56. The predicted octanol–water partition coefficient (Wildman–Crippen LogP) is 1.90. The van der Waals surface area contributed by atoms with Crippen LogP contribution in [0.1, 0.15) is 36.0 Å². The molecule has 0 saturated heterocycles. The van der Waals surface area contributed by atoms with Gasteiger partial charge >= 0.3 is 0 Å². The van der Waals surface area contributed by atoms with Gasteiger partial charge in [0.25, 0.3) is 5.91 Å². The van der Waals surface area contributed by atoms with Gasteiger partial charge < -0.3 is 11.1 Å². The number of nitrogens with two attached hydrogens (primary N) is 1. The number of nitriles is 1. The summed E-state index contributed by atoms with van der Waals surface area (Å²) in [6.07, 6.45) is 3.78. The molecule has 0 aliphatic carbocycles. The molecule has 2 amide bonds. The number of primary amides is 1. The third-order valence-corrected chi connectivity index (χ3v) is 3.56. The molecule has 0 radical (unpaired) electrons. The molecule has 6 heteroatoms. The fraction of sp³-hybridized carbons (Fsp3) is 0.294. The standard InChI is InChI=1S/C17H18N4O2/c18-10-3-1-2-9-14(16(19)22)21-17(23)13-8-4-6-12-7-5-11-20-15(12)13/h4-8,11,14H,1-3,9H2,(H2,19,22)(H,21,23)/t14-/m0/s1. The Hall–Kier alpha value is -2.94. The Morgan fingerprint density at radius 2 is 2.04 bits per heavy atom.